The zero-order valence-electron chi connectivity index (χ0n) is 15.5. The van der Waals surface area contributed by atoms with Crippen LogP contribution < -0.4 is 4.74 Å². The van der Waals surface area contributed by atoms with Crippen molar-refractivity contribution in [3.05, 3.63) is 66.4 Å². The van der Waals surface area contributed by atoms with Crippen molar-refractivity contribution in [1.29, 1.82) is 0 Å². The second-order valence-corrected chi connectivity index (χ2v) is 7.36. The van der Waals surface area contributed by atoms with Gasteiger partial charge >= 0.3 is 0 Å². The fourth-order valence-electron chi connectivity index (χ4n) is 2.53. The summed E-state index contributed by atoms with van der Waals surface area (Å²) < 4.78 is 12.1. The Morgan fingerprint density at radius 2 is 1.73 bits per heavy atom. The molecule has 3 aromatic rings. The molecule has 1 atom stereocenters. The fourth-order valence-corrected chi connectivity index (χ4v) is 2.53. The zero-order valence-corrected chi connectivity index (χ0v) is 15.5. The number of hydrogen-bond acceptors (Lipinski definition) is 4. The minimum atomic E-state index is -0.0517. The monoisotopic (exact) mass is 351 g/mol. The van der Waals surface area contributed by atoms with Crippen LogP contribution in [0.4, 0.5) is 0 Å². The van der Waals surface area contributed by atoms with Crippen molar-refractivity contribution in [3.8, 4) is 17.0 Å². The molecule has 0 amide bonds. The molecule has 0 spiro atoms. The van der Waals surface area contributed by atoms with Gasteiger partial charge in [-0.1, -0.05) is 56.3 Å². The first-order valence-electron chi connectivity index (χ1n) is 8.77. The number of rotatable bonds is 7. The molecular formula is C21H25N3O2. The highest BCUT2D eigenvalue weighted by Gasteiger charge is 2.27. The van der Waals surface area contributed by atoms with Gasteiger partial charge in [-0.25, -0.2) is 0 Å². The predicted octanol–water partition coefficient (Wildman–Crippen LogP) is 4.48. The van der Waals surface area contributed by atoms with Gasteiger partial charge in [-0.15, -0.1) is 5.10 Å². The smallest absolute Gasteiger partial charge is 0.127 e. The molecule has 0 aliphatic carbocycles. The third-order valence-electron chi connectivity index (χ3n) is 4.19. The molecule has 0 aliphatic heterocycles. The maximum Gasteiger partial charge on any atom is 0.127 e. The van der Waals surface area contributed by atoms with Gasteiger partial charge in [0.2, 0.25) is 0 Å². The first-order valence-corrected chi connectivity index (χ1v) is 8.77. The van der Waals surface area contributed by atoms with E-state index in [4.69, 9.17) is 9.47 Å². The average Bonchev–Trinajstić information content (AvgIpc) is 3.16. The van der Waals surface area contributed by atoms with Crippen LogP contribution in [0.2, 0.25) is 0 Å². The van der Waals surface area contributed by atoms with Crippen molar-refractivity contribution in [2.45, 2.75) is 33.5 Å². The van der Waals surface area contributed by atoms with Gasteiger partial charge in [0, 0.05) is 17.2 Å². The highest BCUT2D eigenvalue weighted by atomic mass is 16.5. The molecular weight excluding hydrogens is 326 g/mol. The molecule has 3 rings (SSSR count). The Balaban J connectivity index is 1.61. The van der Waals surface area contributed by atoms with Crippen molar-refractivity contribution in [2.24, 2.45) is 5.41 Å². The summed E-state index contributed by atoms with van der Waals surface area (Å²) in [7, 11) is 0. The SMILES string of the molecule is CC(C)(C)C(COCc1ccccc1)Oc1ccc(-c2c[nH]nn2)cc1. The van der Waals surface area contributed by atoms with Crippen LogP contribution in [0.25, 0.3) is 11.3 Å². The van der Waals surface area contributed by atoms with E-state index in [0.717, 1.165) is 22.6 Å². The normalized spacial score (nSPS) is 12.7. The summed E-state index contributed by atoms with van der Waals surface area (Å²) in [6, 6.07) is 18.1. The minimum absolute atomic E-state index is 0.0402. The standard InChI is InChI=1S/C21H25N3O2/c1-21(2,3)20(15-25-14-16-7-5-4-6-8-16)26-18-11-9-17(10-12-18)19-13-22-24-23-19/h4-13,20H,14-15H2,1-3H3,(H,22,23,24). The van der Waals surface area contributed by atoms with Crippen LogP contribution in [0, 0.1) is 5.41 Å². The molecule has 0 aliphatic rings. The second kappa shape index (κ2) is 8.15. The maximum atomic E-state index is 6.22. The molecule has 0 bridgehead atoms. The summed E-state index contributed by atoms with van der Waals surface area (Å²) in [6.07, 6.45) is 1.72. The van der Waals surface area contributed by atoms with E-state index in [-0.39, 0.29) is 11.5 Å². The van der Waals surface area contributed by atoms with E-state index in [2.05, 4.69) is 48.3 Å². The minimum Gasteiger partial charge on any atom is -0.487 e. The van der Waals surface area contributed by atoms with Gasteiger partial charge in [0.25, 0.3) is 0 Å². The Bertz CT molecular complexity index is 778. The van der Waals surface area contributed by atoms with Crippen LogP contribution in [0.5, 0.6) is 5.75 Å². The summed E-state index contributed by atoms with van der Waals surface area (Å²) in [6.45, 7) is 7.60. The molecule has 0 fully saturated rings. The number of nitrogens with zero attached hydrogens (tertiary/aromatic N) is 2. The summed E-state index contributed by atoms with van der Waals surface area (Å²) >= 11 is 0. The van der Waals surface area contributed by atoms with Crippen molar-refractivity contribution < 1.29 is 9.47 Å². The molecule has 26 heavy (non-hydrogen) atoms. The summed E-state index contributed by atoms with van der Waals surface area (Å²) in [4.78, 5) is 0. The van der Waals surface area contributed by atoms with Gasteiger partial charge in [-0.3, -0.25) is 5.10 Å². The van der Waals surface area contributed by atoms with Gasteiger partial charge < -0.3 is 9.47 Å². The van der Waals surface area contributed by atoms with Gasteiger partial charge in [-0.2, -0.15) is 0 Å². The molecule has 1 aromatic heterocycles. The first-order chi connectivity index (χ1) is 12.5. The Labute approximate surface area is 154 Å². The van der Waals surface area contributed by atoms with Crippen LogP contribution in [-0.4, -0.2) is 28.1 Å². The van der Waals surface area contributed by atoms with Crippen molar-refractivity contribution in [1.82, 2.24) is 15.4 Å². The van der Waals surface area contributed by atoms with Crippen LogP contribution in [0.3, 0.4) is 0 Å². The lowest BCUT2D eigenvalue weighted by atomic mass is 9.89. The van der Waals surface area contributed by atoms with Gasteiger partial charge in [0.05, 0.1) is 13.2 Å². The molecule has 2 aromatic carbocycles. The average molecular weight is 351 g/mol. The topological polar surface area (TPSA) is 60.0 Å². The number of nitrogens with one attached hydrogen (secondary N) is 1. The largest absolute Gasteiger partial charge is 0.487 e. The van der Waals surface area contributed by atoms with E-state index >= 15 is 0 Å². The van der Waals surface area contributed by atoms with Crippen molar-refractivity contribution >= 4 is 0 Å². The second-order valence-electron chi connectivity index (χ2n) is 7.36. The van der Waals surface area contributed by atoms with E-state index < -0.39 is 0 Å². The number of H-pyrrole nitrogens is 1. The van der Waals surface area contributed by atoms with E-state index in [9.17, 15) is 0 Å². The van der Waals surface area contributed by atoms with Crippen molar-refractivity contribution in [2.75, 3.05) is 6.61 Å². The van der Waals surface area contributed by atoms with E-state index in [1.165, 1.54) is 0 Å². The number of aromatic nitrogens is 3. The van der Waals surface area contributed by atoms with Crippen molar-refractivity contribution in [3.63, 3.8) is 0 Å². The lowest BCUT2D eigenvalue weighted by Crippen LogP contribution is -2.36. The van der Waals surface area contributed by atoms with Gasteiger partial charge in [0.15, 0.2) is 0 Å². The maximum absolute atomic E-state index is 6.22. The summed E-state index contributed by atoms with van der Waals surface area (Å²) in [5.41, 5.74) is 2.94. The number of aromatic amines is 1. The molecule has 1 heterocycles. The molecule has 5 nitrogen and oxygen atoms in total. The lowest BCUT2D eigenvalue weighted by molar-refractivity contribution is -0.0108. The fraction of sp³-hybridized carbons (Fsp3) is 0.333. The Morgan fingerprint density at radius 3 is 2.35 bits per heavy atom. The van der Waals surface area contributed by atoms with E-state index in [0.29, 0.717) is 13.2 Å². The lowest BCUT2D eigenvalue weighted by Gasteiger charge is -2.31. The Hall–Kier alpha value is -2.66. The molecule has 1 N–H and O–H groups in total. The molecule has 5 heteroatoms. The van der Waals surface area contributed by atoms with Crippen LogP contribution >= 0.6 is 0 Å². The molecule has 0 saturated carbocycles. The molecule has 136 valence electrons. The van der Waals surface area contributed by atoms with Gasteiger partial charge in [0.1, 0.15) is 17.5 Å². The van der Waals surface area contributed by atoms with E-state index in [1.807, 2.05) is 42.5 Å². The predicted molar refractivity (Wildman–Crippen MR) is 102 cm³/mol. The molecule has 1 unspecified atom stereocenters. The number of ether oxygens (including phenoxy) is 2. The Kier molecular flexibility index (Phi) is 5.68. The molecule has 0 saturated heterocycles. The highest BCUT2D eigenvalue weighted by molar-refractivity contribution is 5.58. The third kappa shape index (κ3) is 4.92. The van der Waals surface area contributed by atoms with Crippen LogP contribution in [-0.2, 0) is 11.3 Å². The van der Waals surface area contributed by atoms with Gasteiger partial charge in [-0.05, 0) is 29.8 Å². The van der Waals surface area contributed by atoms with Crippen LogP contribution in [0.15, 0.2) is 60.8 Å². The molecule has 0 radical (unpaired) electrons. The highest BCUT2D eigenvalue weighted by Crippen LogP contribution is 2.27. The first kappa shape index (κ1) is 18.1. The number of hydrogen-bond donors (Lipinski definition) is 1. The quantitative estimate of drug-likeness (QED) is 0.682. The van der Waals surface area contributed by atoms with Crippen LogP contribution in [0.1, 0.15) is 26.3 Å². The third-order valence-corrected chi connectivity index (χ3v) is 4.19. The summed E-state index contributed by atoms with van der Waals surface area (Å²) in [5, 5.41) is 10.5. The number of benzene rings is 2. The van der Waals surface area contributed by atoms with E-state index in [1.54, 1.807) is 6.20 Å². The summed E-state index contributed by atoms with van der Waals surface area (Å²) in [5.74, 6) is 0.820. The zero-order chi connectivity index (χ0) is 18.4. The Morgan fingerprint density at radius 1 is 1.00 bits per heavy atom.